The van der Waals surface area contributed by atoms with Crippen LogP contribution in [0.4, 0.5) is 5.69 Å². The zero-order chi connectivity index (χ0) is 28.8. The molecule has 0 aromatic heterocycles. The molecule has 4 rings (SSSR count). The van der Waals surface area contributed by atoms with Crippen molar-refractivity contribution in [1.29, 1.82) is 0 Å². The summed E-state index contributed by atoms with van der Waals surface area (Å²) in [6.45, 7) is 8.25. The van der Waals surface area contributed by atoms with E-state index in [-0.39, 0.29) is 40.6 Å². The maximum Gasteiger partial charge on any atom is 0.269 e. The Morgan fingerprint density at radius 3 is 2.30 bits per heavy atom. The summed E-state index contributed by atoms with van der Waals surface area (Å²) in [7, 11) is 0. The minimum absolute atomic E-state index is 0.0717. The lowest BCUT2D eigenvalue weighted by Crippen LogP contribution is -2.58. The number of carbonyl (C=O) groups excluding carboxylic acids is 2. The van der Waals surface area contributed by atoms with Crippen LogP contribution >= 0.6 is 0 Å². The van der Waals surface area contributed by atoms with Crippen molar-refractivity contribution in [3.63, 3.8) is 0 Å². The van der Waals surface area contributed by atoms with E-state index in [0.717, 1.165) is 49.8 Å². The predicted molar refractivity (Wildman–Crippen MR) is 156 cm³/mol. The van der Waals surface area contributed by atoms with Crippen molar-refractivity contribution in [2.75, 3.05) is 13.1 Å². The van der Waals surface area contributed by atoms with Gasteiger partial charge in [0.25, 0.3) is 11.6 Å². The standard InChI is InChI=1S/C31H43N5O4/c1-21(2)19-34(20-23-6-14-27(15-7-23)36(39)40)28-16-17-35(31(38)24-8-4-22(3)5-9-24)29(18-28)30(37)33-26-12-10-25(32)11-13-26/h4-9,14-15,21,25-26,28-29H,10-13,16-20,32H2,1-3H3,(H,33,37)/t25?,26?,28?,29-/m1/s1. The largest absolute Gasteiger partial charge is 0.352 e. The predicted octanol–water partition coefficient (Wildman–Crippen LogP) is 4.42. The molecule has 1 aliphatic heterocycles. The lowest BCUT2D eigenvalue weighted by atomic mass is 9.90. The number of rotatable bonds is 9. The van der Waals surface area contributed by atoms with Crippen molar-refractivity contribution in [1.82, 2.24) is 15.1 Å². The molecule has 2 atom stereocenters. The Labute approximate surface area is 237 Å². The Morgan fingerprint density at radius 2 is 1.70 bits per heavy atom. The highest BCUT2D eigenvalue weighted by atomic mass is 16.6. The van der Waals surface area contributed by atoms with Crippen LogP contribution in [0.5, 0.6) is 0 Å². The third kappa shape index (κ3) is 7.67. The van der Waals surface area contributed by atoms with Gasteiger partial charge in [-0.2, -0.15) is 0 Å². The van der Waals surface area contributed by atoms with Crippen LogP contribution in [-0.4, -0.2) is 63.8 Å². The van der Waals surface area contributed by atoms with Gasteiger partial charge in [0.15, 0.2) is 0 Å². The van der Waals surface area contributed by atoms with E-state index >= 15 is 0 Å². The first-order chi connectivity index (χ1) is 19.1. The number of hydrogen-bond donors (Lipinski definition) is 2. The van der Waals surface area contributed by atoms with Gasteiger partial charge in [-0.3, -0.25) is 24.6 Å². The number of carbonyl (C=O) groups is 2. The quantitative estimate of drug-likeness (QED) is 0.353. The molecule has 1 saturated carbocycles. The number of nitro groups is 1. The van der Waals surface area contributed by atoms with Crippen LogP contribution in [0.15, 0.2) is 48.5 Å². The third-order valence-corrected chi connectivity index (χ3v) is 8.20. The van der Waals surface area contributed by atoms with E-state index < -0.39 is 6.04 Å². The number of aryl methyl sites for hydroxylation is 1. The Kier molecular flexibility index (Phi) is 9.92. The van der Waals surface area contributed by atoms with Crippen molar-refractivity contribution in [2.45, 2.75) is 90.0 Å². The molecule has 1 heterocycles. The Bertz CT molecular complexity index is 1160. The maximum absolute atomic E-state index is 13.8. The van der Waals surface area contributed by atoms with Crippen molar-refractivity contribution in [3.05, 3.63) is 75.3 Å². The highest BCUT2D eigenvalue weighted by molar-refractivity contribution is 5.97. The number of benzene rings is 2. The van der Waals surface area contributed by atoms with Crippen molar-refractivity contribution >= 4 is 17.5 Å². The van der Waals surface area contributed by atoms with E-state index in [1.54, 1.807) is 17.0 Å². The summed E-state index contributed by atoms with van der Waals surface area (Å²) >= 11 is 0. The van der Waals surface area contributed by atoms with Crippen LogP contribution in [0.25, 0.3) is 0 Å². The SMILES string of the molecule is Cc1ccc(C(=O)N2CCC(N(Cc3ccc([N+](=O)[O-])cc3)CC(C)C)C[C@@H]2C(=O)NC2CCC(N)CC2)cc1. The second-order valence-corrected chi connectivity index (χ2v) is 11.9. The zero-order valence-corrected chi connectivity index (χ0v) is 23.9. The van der Waals surface area contributed by atoms with Crippen LogP contribution in [0.1, 0.15) is 73.9 Å². The van der Waals surface area contributed by atoms with Gasteiger partial charge in [0, 0.05) is 55.5 Å². The zero-order valence-electron chi connectivity index (χ0n) is 23.9. The topological polar surface area (TPSA) is 122 Å². The lowest BCUT2D eigenvalue weighted by Gasteiger charge is -2.44. The van der Waals surface area contributed by atoms with Gasteiger partial charge in [-0.1, -0.05) is 43.7 Å². The summed E-state index contributed by atoms with van der Waals surface area (Å²) in [4.78, 5) is 42.3. The molecular weight excluding hydrogens is 506 g/mol. The number of non-ortho nitro benzene ring substituents is 1. The molecule has 1 saturated heterocycles. The smallest absolute Gasteiger partial charge is 0.269 e. The van der Waals surface area contributed by atoms with Crippen LogP contribution in [0.2, 0.25) is 0 Å². The second kappa shape index (κ2) is 13.4. The Hall–Kier alpha value is -3.30. The first-order valence-corrected chi connectivity index (χ1v) is 14.5. The molecule has 2 amide bonds. The highest BCUT2D eigenvalue weighted by Crippen LogP contribution is 2.28. The van der Waals surface area contributed by atoms with Gasteiger partial charge in [-0.15, -0.1) is 0 Å². The number of nitrogens with one attached hydrogen (secondary N) is 1. The fraction of sp³-hybridized carbons (Fsp3) is 0.548. The molecule has 1 aliphatic carbocycles. The van der Waals surface area contributed by atoms with E-state index in [9.17, 15) is 19.7 Å². The average molecular weight is 550 g/mol. The van der Waals surface area contributed by atoms with Crippen LogP contribution in [-0.2, 0) is 11.3 Å². The number of amides is 2. The minimum atomic E-state index is -0.574. The number of nitrogens with two attached hydrogens (primary N) is 1. The monoisotopic (exact) mass is 549 g/mol. The van der Waals surface area contributed by atoms with Crippen molar-refractivity contribution in [2.24, 2.45) is 11.7 Å². The summed E-state index contributed by atoms with van der Waals surface area (Å²) in [6.07, 6.45) is 4.78. The average Bonchev–Trinajstić information content (AvgIpc) is 2.93. The number of likely N-dealkylation sites (tertiary alicyclic amines) is 1. The van der Waals surface area contributed by atoms with Gasteiger partial charge in [0.05, 0.1) is 4.92 Å². The number of hydrogen-bond acceptors (Lipinski definition) is 6. The molecule has 2 aromatic carbocycles. The van der Waals surface area contributed by atoms with E-state index in [0.29, 0.717) is 31.0 Å². The van der Waals surface area contributed by atoms with E-state index in [1.165, 1.54) is 12.1 Å². The molecule has 40 heavy (non-hydrogen) atoms. The fourth-order valence-electron chi connectivity index (χ4n) is 5.96. The van der Waals surface area contributed by atoms with Gasteiger partial charge in [-0.05, 0) is 69.1 Å². The molecular formula is C31H43N5O4. The fourth-order valence-corrected chi connectivity index (χ4v) is 5.96. The molecule has 1 unspecified atom stereocenters. The molecule has 0 spiro atoms. The maximum atomic E-state index is 13.8. The molecule has 0 radical (unpaired) electrons. The van der Waals surface area contributed by atoms with E-state index in [2.05, 4.69) is 24.1 Å². The van der Waals surface area contributed by atoms with Crippen LogP contribution in [0.3, 0.4) is 0 Å². The second-order valence-electron chi connectivity index (χ2n) is 11.9. The molecule has 2 fully saturated rings. The number of piperidine rings is 1. The molecule has 2 aromatic rings. The number of nitro benzene ring substituents is 1. The summed E-state index contributed by atoms with van der Waals surface area (Å²) in [5.74, 6) is 0.185. The van der Waals surface area contributed by atoms with Crippen molar-refractivity contribution in [3.8, 4) is 0 Å². The Morgan fingerprint density at radius 1 is 1.05 bits per heavy atom. The summed E-state index contributed by atoms with van der Waals surface area (Å²) in [5.41, 5.74) is 8.81. The van der Waals surface area contributed by atoms with Crippen molar-refractivity contribution < 1.29 is 14.5 Å². The highest BCUT2D eigenvalue weighted by Gasteiger charge is 2.39. The molecule has 0 bridgehead atoms. The summed E-state index contributed by atoms with van der Waals surface area (Å²) < 4.78 is 0. The third-order valence-electron chi connectivity index (χ3n) is 8.20. The van der Waals surface area contributed by atoms with Gasteiger partial charge in [0.2, 0.25) is 5.91 Å². The van der Waals surface area contributed by atoms with Crippen LogP contribution < -0.4 is 11.1 Å². The molecule has 2 aliphatic rings. The molecule has 216 valence electrons. The van der Waals surface area contributed by atoms with E-state index in [1.807, 2.05) is 31.2 Å². The minimum Gasteiger partial charge on any atom is -0.352 e. The van der Waals surface area contributed by atoms with Gasteiger partial charge >= 0.3 is 0 Å². The molecule has 3 N–H and O–H groups in total. The van der Waals surface area contributed by atoms with Gasteiger partial charge < -0.3 is 16.0 Å². The van der Waals surface area contributed by atoms with Crippen LogP contribution in [0, 0.1) is 23.0 Å². The summed E-state index contributed by atoms with van der Waals surface area (Å²) in [6, 6.07) is 14.0. The molecule has 9 nitrogen and oxygen atoms in total. The lowest BCUT2D eigenvalue weighted by molar-refractivity contribution is -0.384. The van der Waals surface area contributed by atoms with Gasteiger partial charge in [0.1, 0.15) is 6.04 Å². The normalized spacial score (nSPS) is 23.3. The van der Waals surface area contributed by atoms with Gasteiger partial charge in [-0.25, -0.2) is 0 Å². The first-order valence-electron chi connectivity index (χ1n) is 14.5. The Balaban J connectivity index is 1.55. The van der Waals surface area contributed by atoms with E-state index in [4.69, 9.17) is 5.73 Å². The molecule has 9 heteroatoms. The summed E-state index contributed by atoms with van der Waals surface area (Å²) in [5, 5.41) is 14.4. The first kappa shape index (κ1) is 29.7. The number of nitrogens with zero attached hydrogens (tertiary/aromatic N) is 3.